The van der Waals surface area contributed by atoms with Crippen molar-refractivity contribution in [2.45, 2.75) is 6.92 Å². The van der Waals surface area contributed by atoms with Gasteiger partial charge in [-0.25, -0.2) is 0 Å². The zero-order valence-corrected chi connectivity index (χ0v) is 9.47. The van der Waals surface area contributed by atoms with E-state index in [1.807, 2.05) is 19.1 Å². The Morgan fingerprint density at radius 2 is 1.82 bits per heavy atom. The summed E-state index contributed by atoms with van der Waals surface area (Å²) in [5.41, 5.74) is 7.74. The van der Waals surface area contributed by atoms with E-state index < -0.39 is 0 Å². The lowest BCUT2D eigenvalue weighted by Gasteiger charge is -2.10. The smallest absolute Gasteiger partial charge is 0.148 e. The molecule has 0 atom stereocenters. The minimum atomic E-state index is 0.529. The standard InChI is InChI=1S/C14H12N2O/c1-10-3-2-4-11(9-15)14(10)17-13-7-5-12(16)6-8-13/h2-8H,16H2,1H3. The van der Waals surface area contributed by atoms with E-state index in [9.17, 15) is 0 Å². The van der Waals surface area contributed by atoms with Crippen LogP contribution in [0.2, 0.25) is 0 Å². The minimum absolute atomic E-state index is 0.529. The number of benzene rings is 2. The fraction of sp³-hybridized carbons (Fsp3) is 0.0714. The van der Waals surface area contributed by atoms with Crippen LogP contribution in [0.25, 0.3) is 0 Å². The second-order valence-electron chi connectivity index (χ2n) is 3.73. The number of nitriles is 1. The van der Waals surface area contributed by atoms with Gasteiger partial charge in [0.1, 0.15) is 17.6 Å². The predicted octanol–water partition coefficient (Wildman–Crippen LogP) is 3.24. The minimum Gasteiger partial charge on any atom is -0.456 e. The summed E-state index contributed by atoms with van der Waals surface area (Å²) in [6.45, 7) is 1.91. The molecule has 0 saturated heterocycles. The molecule has 3 nitrogen and oxygen atoms in total. The fourth-order valence-electron chi connectivity index (χ4n) is 1.53. The lowest BCUT2D eigenvalue weighted by molar-refractivity contribution is 0.477. The molecule has 2 aromatic rings. The van der Waals surface area contributed by atoms with Crippen LogP contribution in [-0.4, -0.2) is 0 Å². The van der Waals surface area contributed by atoms with Crippen LogP contribution >= 0.6 is 0 Å². The summed E-state index contributed by atoms with van der Waals surface area (Å²) in [5.74, 6) is 1.27. The van der Waals surface area contributed by atoms with Gasteiger partial charge in [0.05, 0.1) is 5.56 Å². The Bertz CT molecular complexity index is 568. The molecule has 0 unspecified atom stereocenters. The third-order valence-corrected chi connectivity index (χ3v) is 2.43. The molecule has 0 aromatic heterocycles. The van der Waals surface area contributed by atoms with Crippen molar-refractivity contribution < 1.29 is 4.74 Å². The van der Waals surface area contributed by atoms with Gasteiger partial charge in [-0.1, -0.05) is 12.1 Å². The normalized spacial score (nSPS) is 9.65. The van der Waals surface area contributed by atoms with Crippen molar-refractivity contribution in [3.8, 4) is 17.6 Å². The van der Waals surface area contributed by atoms with E-state index in [0.717, 1.165) is 5.56 Å². The molecule has 3 heteroatoms. The maximum absolute atomic E-state index is 9.02. The first kappa shape index (κ1) is 11.0. The molecular weight excluding hydrogens is 212 g/mol. The summed E-state index contributed by atoms with van der Waals surface area (Å²) in [7, 11) is 0. The highest BCUT2D eigenvalue weighted by Crippen LogP contribution is 2.28. The Balaban J connectivity index is 2.36. The molecule has 2 N–H and O–H groups in total. The highest BCUT2D eigenvalue weighted by Gasteiger charge is 2.07. The Labute approximate surface area is 100 Å². The van der Waals surface area contributed by atoms with Crippen LogP contribution in [0.3, 0.4) is 0 Å². The summed E-state index contributed by atoms with van der Waals surface area (Å²) >= 11 is 0. The van der Waals surface area contributed by atoms with Crippen molar-refractivity contribution in [3.05, 3.63) is 53.6 Å². The second kappa shape index (κ2) is 4.58. The van der Waals surface area contributed by atoms with E-state index >= 15 is 0 Å². The average Bonchev–Trinajstić information content (AvgIpc) is 2.34. The predicted molar refractivity (Wildman–Crippen MR) is 66.8 cm³/mol. The number of rotatable bonds is 2. The van der Waals surface area contributed by atoms with Crippen molar-refractivity contribution in [2.24, 2.45) is 0 Å². The number of ether oxygens (including phenoxy) is 1. The lowest BCUT2D eigenvalue weighted by atomic mass is 10.1. The molecule has 0 aliphatic rings. The SMILES string of the molecule is Cc1cccc(C#N)c1Oc1ccc(N)cc1. The quantitative estimate of drug-likeness (QED) is 0.796. The van der Waals surface area contributed by atoms with Crippen LogP contribution in [0, 0.1) is 18.3 Å². The number of nitrogens with zero attached hydrogens (tertiary/aromatic N) is 1. The highest BCUT2D eigenvalue weighted by atomic mass is 16.5. The zero-order chi connectivity index (χ0) is 12.3. The van der Waals surface area contributed by atoms with Crippen LogP contribution in [0.1, 0.15) is 11.1 Å². The molecule has 0 saturated carbocycles. The van der Waals surface area contributed by atoms with Crippen LogP contribution in [0.5, 0.6) is 11.5 Å². The van der Waals surface area contributed by atoms with Crippen LogP contribution in [0.15, 0.2) is 42.5 Å². The number of hydrogen-bond acceptors (Lipinski definition) is 3. The largest absolute Gasteiger partial charge is 0.456 e. The monoisotopic (exact) mass is 224 g/mol. The Morgan fingerprint density at radius 1 is 1.12 bits per heavy atom. The lowest BCUT2D eigenvalue weighted by Crippen LogP contribution is -1.92. The number of para-hydroxylation sites is 1. The van der Waals surface area contributed by atoms with Crippen molar-refractivity contribution in [3.63, 3.8) is 0 Å². The van der Waals surface area contributed by atoms with E-state index in [2.05, 4.69) is 6.07 Å². The van der Waals surface area contributed by atoms with E-state index in [1.165, 1.54) is 0 Å². The van der Waals surface area contributed by atoms with E-state index in [-0.39, 0.29) is 0 Å². The van der Waals surface area contributed by atoms with Gasteiger partial charge >= 0.3 is 0 Å². The van der Waals surface area contributed by atoms with E-state index in [4.69, 9.17) is 15.7 Å². The summed E-state index contributed by atoms with van der Waals surface area (Å²) in [5, 5.41) is 9.02. The van der Waals surface area contributed by atoms with Gasteiger partial charge in [-0.15, -0.1) is 0 Å². The summed E-state index contributed by atoms with van der Waals surface area (Å²) in [4.78, 5) is 0. The second-order valence-corrected chi connectivity index (χ2v) is 3.73. The average molecular weight is 224 g/mol. The molecule has 84 valence electrons. The van der Waals surface area contributed by atoms with Gasteiger partial charge in [-0.05, 0) is 42.8 Å². The third-order valence-electron chi connectivity index (χ3n) is 2.43. The number of nitrogen functional groups attached to an aromatic ring is 1. The fourth-order valence-corrected chi connectivity index (χ4v) is 1.53. The van der Waals surface area contributed by atoms with Gasteiger partial charge < -0.3 is 10.5 Å². The van der Waals surface area contributed by atoms with Crippen molar-refractivity contribution >= 4 is 5.69 Å². The van der Waals surface area contributed by atoms with Gasteiger partial charge in [0.15, 0.2) is 0 Å². The van der Waals surface area contributed by atoms with Gasteiger partial charge in [0.2, 0.25) is 0 Å². The molecule has 2 aromatic carbocycles. The number of hydrogen-bond donors (Lipinski definition) is 1. The molecule has 0 fully saturated rings. The number of nitrogens with two attached hydrogens (primary N) is 1. The Morgan fingerprint density at radius 3 is 2.47 bits per heavy atom. The first-order chi connectivity index (χ1) is 8.20. The third kappa shape index (κ3) is 2.37. The van der Waals surface area contributed by atoms with Crippen LogP contribution in [-0.2, 0) is 0 Å². The van der Waals surface area contributed by atoms with Crippen molar-refractivity contribution in [1.29, 1.82) is 5.26 Å². The maximum atomic E-state index is 9.02. The number of anilines is 1. The summed E-state index contributed by atoms with van der Waals surface area (Å²) in [6, 6.07) is 14.7. The van der Waals surface area contributed by atoms with Crippen molar-refractivity contribution in [2.75, 3.05) is 5.73 Å². The molecule has 17 heavy (non-hydrogen) atoms. The molecule has 0 aliphatic carbocycles. The molecule has 0 radical (unpaired) electrons. The van der Waals surface area contributed by atoms with Gasteiger partial charge in [0.25, 0.3) is 0 Å². The molecular formula is C14H12N2O. The van der Waals surface area contributed by atoms with Gasteiger partial charge in [-0.2, -0.15) is 5.26 Å². The van der Waals surface area contributed by atoms with Gasteiger partial charge in [0, 0.05) is 5.69 Å². The Kier molecular flexibility index (Phi) is 2.97. The van der Waals surface area contributed by atoms with Crippen LogP contribution < -0.4 is 10.5 Å². The first-order valence-electron chi connectivity index (χ1n) is 5.24. The first-order valence-corrected chi connectivity index (χ1v) is 5.24. The van der Waals surface area contributed by atoms with Crippen molar-refractivity contribution in [1.82, 2.24) is 0 Å². The highest BCUT2D eigenvalue weighted by molar-refractivity contribution is 5.51. The summed E-state index contributed by atoms with van der Waals surface area (Å²) in [6.07, 6.45) is 0. The van der Waals surface area contributed by atoms with Crippen LogP contribution in [0.4, 0.5) is 5.69 Å². The number of aryl methyl sites for hydroxylation is 1. The van der Waals surface area contributed by atoms with E-state index in [0.29, 0.717) is 22.7 Å². The molecule has 0 aliphatic heterocycles. The van der Waals surface area contributed by atoms with E-state index in [1.54, 1.807) is 30.3 Å². The summed E-state index contributed by atoms with van der Waals surface area (Å²) < 4.78 is 5.71. The zero-order valence-electron chi connectivity index (χ0n) is 9.47. The Hall–Kier alpha value is -2.47. The topological polar surface area (TPSA) is 59.0 Å². The molecule has 0 amide bonds. The van der Waals surface area contributed by atoms with Gasteiger partial charge in [-0.3, -0.25) is 0 Å². The maximum Gasteiger partial charge on any atom is 0.148 e. The molecule has 2 rings (SSSR count). The molecule has 0 spiro atoms. The molecule has 0 heterocycles. The molecule has 0 bridgehead atoms.